The monoisotopic (exact) mass is 1090 g/mol. The number of nitrogens with zero attached hydrogens (tertiary/aromatic N) is 4. The highest BCUT2D eigenvalue weighted by atomic mass is 31.2. The molecular weight excluding hydrogens is 1020 g/mol. The minimum absolute atomic E-state index is 0.105. The number of hydrogen-bond donors (Lipinski definition) is 2. The van der Waals surface area contributed by atoms with E-state index in [0.29, 0.717) is 22.7 Å². The van der Waals surface area contributed by atoms with Gasteiger partial charge in [-0.05, 0) is 88.8 Å². The molecule has 0 fully saturated rings. The maximum absolute atomic E-state index is 14.0. The summed E-state index contributed by atoms with van der Waals surface area (Å²) >= 11 is 0. The number of hydrogen-bond acceptors (Lipinski definition) is 14. The lowest BCUT2D eigenvalue weighted by Gasteiger charge is -2.41. The van der Waals surface area contributed by atoms with Crippen molar-refractivity contribution < 1.29 is 52.1 Å². The molecule has 0 spiro atoms. The first-order valence-corrected chi connectivity index (χ1v) is 27.7. The van der Waals surface area contributed by atoms with Crippen LogP contribution in [0.1, 0.15) is 100 Å². The molecule has 0 bridgehead atoms. The number of esters is 2. The molecule has 79 heavy (non-hydrogen) atoms. The molecule has 8 aromatic rings. The lowest BCUT2D eigenvalue weighted by atomic mass is 9.68. The van der Waals surface area contributed by atoms with Gasteiger partial charge in [0.1, 0.15) is 34.3 Å². The van der Waals surface area contributed by atoms with Gasteiger partial charge in [-0.2, -0.15) is 0 Å². The second kappa shape index (κ2) is 24.6. The fourth-order valence-corrected chi connectivity index (χ4v) is 10.8. The van der Waals surface area contributed by atoms with E-state index in [1.807, 2.05) is 151 Å². The zero-order chi connectivity index (χ0) is 56.4. The van der Waals surface area contributed by atoms with Crippen LogP contribution in [0.15, 0.2) is 182 Å². The molecule has 3 atom stereocenters. The highest BCUT2D eigenvalue weighted by Crippen LogP contribution is 2.49. The van der Waals surface area contributed by atoms with Crippen LogP contribution in [0.5, 0.6) is 5.75 Å². The van der Waals surface area contributed by atoms with Crippen molar-refractivity contribution in [1.82, 2.24) is 19.5 Å². The van der Waals surface area contributed by atoms with Gasteiger partial charge < -0.3 is 33.1 Å². The standard InChI is InChI=1S/C62H68N5O11P/c1-43(75-62(47-33-21-13-22-34-47,48-35-23-14-24-36-48)49-37-25-26-38-51(49)72-8)50(39-40-74-42-79(70,71)78-53(56(68)76-59(2,3)4)57(69)77-60(5,6)7)67-41-63-52-54(66-73-9)64-58(65-55(52)67)61(44-27-15-10-16-28-44,45-29-17-11-18-30-45)46-31-19-12-20-32-46/h10-38,41,43,50,53H,39-40,42H2,1-9H3,(H,70,71)(H,64,65,66). The van der Waals surface area contributed by atoms with Crippen molar-refractivity contribution in [2.24, 2.45) is 0 Å². The Hall–Kier alpha value is -7.56. The van der Waals surface area contributed by atoms with E-state index in [2.05, 4.69) is 41.9 Å². The number of carbonyl (C=O) groups excluding carboxylic acids is 2. The molecule has 2 heterocycles. The quantitative estimate of drug-likeness (QED) is 0.0153. The molecule has 2 aromatic heterocycles. The van der Waals surface area contributed by atoms with Gasteiger partial charge in [0.15, 0.2) is 22.8 Å². The van der Waals surface area contributed by atoms with E-state index in [9.17, 15) is 19.0 Å². The molecule has 3 unspecified atom stereocenters. The number of anilines is 1. The number of rotatable bonds is 23. The summed E-state index contributed by atoms with van der Waals surface area (Å²) in [5.41, 5.74) is 4.25. The van der Waals surface area contributed by atoms with Crippen molar-refractivity contribution in [3.63, 3.8) is 0 Å². The minimum Gasteiger partial charge on any atom is -0.496 e. The largest absolute Gasteiger partial charge is 0.496 e. The number of fused-ring (bicyclic) bond motifs is 1. The van der Waals surface area contributed by atoms with E-state index in [4.69, 9.17) is 48.0 Å². The predicted octanol–water partition coefficient (Wildman–Crippen LogP) is 11.7. The Balaban J connectivity index is 1.29. The smallest absolute Gasteiger partial charge is 0.354 e. The first-order chi connectivity index (χ1) is 37.8. The van der Waals surface area contributed by atoms with Gasteiger partial charge in [0, 0.05) is 12.2 Å². The molecule has 0 aliphatic rings. The second-order valence-corrected chi connectivity index (χ2v) is 22.6. The minimum atomic E-state index is -4.89. The number of benzene rings is 6. The fraction of sp³-hybridized carbons (Fsp3) is 0.306. The molecule has 0 amide bonds. The summed E-state index contributed by atoms with van der Waals surface area (Å²) in [5, 5.41) is 0. The van der Waals surface area contributed by atoms with Crippen molar-refractivity contribution in [2.45, 2.75) is 95.4 Å². The van der Waals surface area contributed by atoms with Gasteiger partial charge in [-0.1, -0.05) is 170 Å². The Kier molecular flexibility index (Phi) is 18.0. The van der Waals surface area contributed by atoms with E-state index in [0.717, 1.165) is 33.4 Å². The highest BCUT2D eigenvalue weighted by Gasteiger charge is 2.46. The van der Waals surface area contributed by atoms with Gasteiger partial charge in [-0.3, -0.25) is 13.9 Å². The van der Waals surface area contributed by atoms with Crippen LogP contribution >= 0.6 is 7.60 Å². The van der Waals surface area contributed by atoms with Crippen LogP contribution in [0.4, 0.5) is 5.82 Å². The second-order valence-electron chi connectivity index (χ2n) is 20.9. The van der Waals surface area contributed by atoms with E-state index in [1.54, 1.807) is 55.0 Å². The zero-order valence-electron chi connectivity index (χ0n) is 45.9. The van der Waals surface area contributed by atoms with Crippen LogP contribution in [0.3, 0.4) is 0 Å². The predicted molar refractivity (Wildman–Crippen MR) is 301 cm³/mol. The number of ether oxygens (including phenoxy) is 5. The molecule has 0 saturated heterocycles. The molecule has 6 aromatic carbocycles. The summed E-state index contributed by atoms with van der Waals surface area (Å²) in [6, 6.07) is 56.9. The maximum atomic E-state index is 14.0. The van der Waals surface area contributed by atoms with E-state index >= 15 is 0 Å². The Labute approximate surface area is 461 Å². The highest BCUT2D eigenvalue weighted by molar-refractivity contribution is 7.52. The average molecular weight is 1090 g/mol. The molecule has 0 aliphatic carbocycles. The van der Waals surface area contributed by atoms with Crippen molar-refractivity contribution in [2.75, 3.05) is 32.7 Å². The third-order valence-corrected chi connectivity index (χ3v) is 14.1. The van der Waals surface area contributed by atoms with Gasteiger partial charge in [-0.25, -0.2) is 30.0 Å². The lowest BCUT2D eigenvalue weighted by molar-refractivity contribution is -0.179. The van der Waals surface area contributed by atoms with E-state index in [1.165, 1.54) is 7.11 Å². The Morgan fingerprint density at radius 2 is 1.10 bits per heavy atom. The van der Waals surface area contributed by atoms with Gasteiger partial charge in [0.25, 0.3) is 6.10 Å². The topological polar surface area (TPSA) is 192 Å². The van der Waals surface area contributed by atoms with Crippen molar-refractivity contribution in [1.29, 1.82) is 0 Å². The number of imidazole rings is 1. The summed E-state index contributed by atoms with van der Waals surface area (Å²) < 4.78 is 52.0. The maximum Gasteiger partial charge on any atom is 0.354 e. The summed E-state index contributed by atoms with van der Waals surface area (Å²) in [7, 11) is -1.77. The molecule has 0 aliphatic heterocycles. The molecule has 0 radical (unpaired) electrons. The Morgan fingerprint density at radius 3 is 1.56 bits per heavy atom. The normalized spacial score (nSPS) is 13.8. The average Bonchev–Trinajstić information content (AvgIpc) is 4.04. The molecule has 412 valence electrons. The summed E-state index contributed by atoms with van der Waals surface area (Å²) in [6.45, 7) is 11.3. The van der Waals surface area contributed by atoms with Crippen molar-refractivity contribution in [3.05, 3.63) is 221 Å². The molecular formula is C62H68N5O11P. The van der Waals surface area contributed by atoms with Gasteiger partial charge in [-0.15, -0.1) is 0 Å². The Bertz CT molecular complexity index is 3170. The van der Waals surface area contributed by atoms with Crippen LogP contribution < -0.4 is 10.2 Å². The Morgan fingerprint density at radius 1 is 0.646 bits per heavy atom. The molecule has 16 nitrogen and oxygen atoms in total. The zero-order valence-corrected chi connectivity index (χ0v) is 46.8. The van der Waals surface area contributed by atoms with Crippen molar-refractivity contribution >= 4 is 36.5 Å². The van der Waals surface area contributed by atoms with Gasteiger partial charge in [0.2, 0.25) is 0 Å². The molecule has 17 heteroatoms. The third kappa shape index (κ3) is 13.0. The number of aromatic nitrogens is 4. The number of methoxy groups -OCH3 is 1. The van der Waals surface area contributed by atoms with Gasteiger partial charge in [0.05, 0.1) is 32.7 Å². The summed E-state index contributed by atoms with van der Waals surface area (Å²) in [5.74, 6) is -1.12. The van der Waals surface area contributed by atoms with E-state index < -0.39 is 66.4 Å². The number of carbonyl (C=O) groups is 2. The number of nitrogens with one attached hydrogen (secondary N) is 1. The SMILES string of the molecule is CONc1nc(C(c2ccccc2)(c2ccccc2)c2ccccc2)nc2c1ncn2C(CCOCP(=O)(O)OC(C(=O)OC(C)(C)C)C(=O)OC(C)(C)C)C(C)OC(c1ccccc1)(c1ccccc1)c1ccccc1OC. The first kappa shape index (κ1) is 57.6. The van der Waals surface area contributed by atoms with Crippen LogP contribution in [0, 0.1) is 0 Å². The van der Waals surface area contributed by atoms with E-state index in [-0.39, 0.29) is 18.8 Å². The van der Waals surface area contributed by atoms with Gasteiger partial charge >= 0.3 is 19.5 Å². The lowest BCUT2D eigenvalue weighted by Crippen LogP contribution is -2.42. The molecule has 0 saturated carbocycles. The van der Waals surface area contributed by atoms with Crippen LogP contribution in [0.25, 0.3) is 11.2 Å². The molecule has 2 N–H and O–H groups in total. The summed E-state index contributed by atoms with van der Waals surface area (Å²) in [4.78, 5) is 59.5. The van der Waals surface area contributed by atoms with Crippen LogP contribution in [-0.2, 0) is 53.5 Å². The number of para-hydroxylation sites is 1. The van der Waals surface area contributed by atoms with Crippen LogP contribution in [-0.4, -0.2) is 86.9 Å². The third-order valence-electron chi connectivity index (χ3n) is 13.0. The fourth-order valence-electron chi connectivity index (χ4n) is 9.83. The first-order valence-electron chi connectivity index (χ1n) is 26.0. The summed E-state index contributed by atoms with van der Waals surface area (Å²) in [6.07, 6.45) is -2.12. The van der Waals surface area contributed by atoms with Crippen LogP contribution in [0.2, 0.25) is 0 Å². The van der Waals surface area contributed by atoms with Crippen molar-refractivity contribution in [3.8, 4) is 5.75 Å². The molecule has 8 rings (SSSR count).